The van der Waals surface area contributed by atoms with Crippen molar-refractivity contribution >= 4 is 5.71 Å². The lowest BCUT2D eigenvalue weighted by atomic mass is 9.96. The number of nitrogens with zero attached hydrogens (tertiary/aromatic N) is 4. The van der Waals surface area contributed by atoms with Crippen molar-refractivity contribution in [3.8, 4) is 6.07 Å². The maximum absolute atomic E-state index is 9.46. The van der Waals surface area contributed by atoms with Gasteiger partial charge in [-0.1, -0.05) is 0 Å². The molecule has 0 bridgehead atoms. The molecule has 0 amide bonds. The fraction of sp³-hybridized carbons (Fsp3) is 0.692. The van der Waals surface area contributed by atoms with Gasteiger partial charge in [0.2, 0.25) is 0 Å². The normalized spacial score (nSPS) is 20.7. The second-order valence-electron chi connectivity index (χ2n) is 5.05. The number of nitriles is 1. The SMILES string of the molecule is N#C[C@H](C1=[NH+]CCCC1)c1nnc2n1CCCC2. The Morgan fingerprint density at radius 1 is 1.17 bits per heavy atom. The highest BCUT2D eigenvalue weighted by atomic mass is 15.3. The fourth-order valence-corrected chi connectivity index (χ4v) is 2.86. The van der Waals surface area contributed by atoms with E-state index in [1.165, 1.54) is 25.7 Å². The van der Waals surface area contributed by atoms with Crippen molar-refractivity contribution in [2.75, 3.05) is 6.54 Å². The van der Waals surface area contributed by atoms with Gasteiger partial charge in [0.05, 0.1) is 6.07 Å². The second-order valence-corrected chi connectivity index (χ2v) is 5.05. The van der Waals surface area contributed by atoms with Crippen LogP contribution in [0.15, 0.2) is 0 Å². The van der Waals surface area contributed by atoms with Gasteiger partial charge in [-0.3, -0.25) is 0 Å². The van der Waals surface area contributed by atoms with Crippen molar-refractivity contribution in [1.29, 1.82) is 5.26 Å². The highest BCUT2D eigenvalue weighted by Gasteiger charge is 2.31. The molecule has 2 aliphatic rings. The third kappa shape index (κ3) is 1.92. The van der Waals surface area contributed by atoms with Gasteiger partial charge >= 0.3 is 0 Å². The molecule has 0 fully saturated rings. The summed E-state index contributed by atoms with van der Waals surface area (Å²) in [6.45, 7) is 1.94. The molecule has 0 aromatic carbocycles. The molecular weight excluding hydrogens is 226 g/mol. The van der Waals surface area contributed by atoms with E-state index < -0.39 is 0 Å². The van der Waals surface area contributed by atoms with E-state index in [2.05, 4.69) is 25.8 Å². The Balaban J connectivity index is 1.94. The molecule has 1 N–H and O–H groups in total. The van der Waals surface area contributed by atoms with Crippen LogP contribution in [0.25, 0.3) is 0 Å². The van der Waals surface area contributed by atoms with E-state index >= 15 is 0 Å². The molecule has 1 atom stereocenters. The first-order chi connectivity index (χ1) is 8.90. The Kier molecular flexibility index (Phi) is 3.09. The third-order valence-electron chi connectivity index (χ3n) is 3.85. The van der Waals surface area contributed by atoms with E-state index in [4.69, 9.17) is 0 Å². The molecule has 0 radical (unpaired) electrons. The zero-order valence-electron chi connectivity index (χ0n) is 10.5. The van der Waals surface area contributed by atoms with Gasteiger partial charge in [-0.05, 0) is 19.3 Å². The summed E-state index contributed by atoms with van der Waals surface area (Å²) in [5, 5.41) is 18.0. The van der Waals surface area contributed by atoms with Crippen LogP contribution in [0.5, 0.6) is 0 Å². The van der Waals surface area contributed by atoms with Gasteiger partial charge in [-0.2, -0.15) is 5.26 Å². The molecule has 0 unspecified atom stereocenters. The Morgan fingerprint density at radius 3 is 2.83 bits per heavy atom. The van der Waals surface area contributed by atoms with E-state index in [1.807, 2.05) is 0 Å². The number of rotatable bonds is 2. The van der Waals surface area contributed by atoms with Gasteiger partial charge in [0, 0.05) is 25.8 Å². The van der Waals surface area contributed by atoms with Crippen molar-refractivity contribution in [3.63, 3.8) is 0 Å². The Hall–Kier alpha value is -1.70. The van der Waals surface area contributed by atoms with Gasteiger partial charge < -0.3 is 4.57 Å². The van der Waals surface area contributed by atoms with Crippen molar-refractivity contribution in [2.45, 2.75) is 51.0 Å². The van der Waals surface area contributed by atoms with Crippen molar-refractivity contribution < 1.29 is 4.99 Å². The topological polar surface area (TPSA) is 68.5 Å². The number of aryl methyl sites for hydroxylation is 1. The zero-order chi connectivity index (χ0) is 12.4. The summed E-state index contributed by atoms with van der Waals surface area (Å²) < 4.78 is 2.15. The lowest BCUT2D eigenvalue weighted by molar-refractivity contribution is -0.465. The molecule has 94 valence electrons. The Morgan fingerprint density at radius 2 is 2.06 bits per heavy atom. The summed E-state index contributed by atoms with van der Waals surface area (Å²) >= 11 is 0. The summed E-state index contributed by atoms with van der Waals surface area (Å²) in [7, 11) is 0. The van der Waals surface area contributed by atoms with E-state index in [1.54, 1.807) is 0 Å². The number of hydrogen-bond donors (Lipinski definition) is 1. The summed E-state index contributed by atoms with van der Waals surface area (Å²) in [4.78, 5) is 3.38. The molecule has 5 nitrogen and oxygen atoms in total. The van der Waals surface area contributed by atoms with Crippen LogP contribution in [0.1, 0.15) is 49.7 Å². The average Bonchev–Trinajstić information content (AvgIpc) is 2.85. The van der Waals surface area contributed by atoms with E-state index in [-0.39, 0.29) is 5.92 Å². The molecule has 2 aliphatic heterocycles. The largest absolute Gasteiger partial charge is 0.313 e. The fourth-order valence-electron chi connectivity index (χ4n) is 2.86. The van der Waals surface area contributed by atoms with Crippen LogP contribution in [-0.4, -0.2) is 27.0 Å². The summed E-state index contributed by atoms with van der Waals surface area (Å²) in [6, 6.07) is 2.40. The first-order valence-electron chi connectivity index (χ1n) is 6.81. The molecule has 0 aliphatic carbocycles. The first kappa shape index (κ1) is 11.4. The smallest absolute Gasteiger partial charge is 0.185 e. The quantitative estimate of drug-likeness (QED) is 0.791. The highest BCUT2D eigenvalue weighted by molar-refractivity contribution is 5.88. The predicted octanol–water partition coefficient (Wildman–Crippen LogP) is -0.0729. The molecule has 0 saturated carbocycles. The summed E-state index contributed by atoms with van der Waals surface area (Å²) in [5.74, 6) is 1.66. The lowest BCUT2D eigenvalue weighted by Gasteiger charge is -2.17. The number of fused-ring (bicyclic) bond motifs is 1. The minimum Gasteiger partial charge on any atom is -0.313 e. The van der Waals surface area contributed by atoms with Gasteiger partial charge in [0.25, 0.3) is 0 Å². The van der Waals surface area contributed by atoms with Gasteiger partial charge in [0.15, 0.2) is 17.5 Å². The third-order valence-corrected chi connectivity index (χ3v) is 3.85. The zero-order valence-corrected chi connectivity index (χ0v) is 10.5. The van der Waals surface area contributed by atoms with Crippen LogP contribution in [0.4, 0.5) is 0 Å². The van der Waals surface area contributed by atoms with Crippen LogP contribution in [0.2, 0.25) is 0 Å². The maximum Gasteiger partial charge on any atom is 0.185 e. The summed E-state index contributed by atoms with van der Waals surface area (Å²) in [6.07, 6.45) is 6.69. The van der Waals surface area contributed by atoms with Gasteiger partial charge in [-0.15, -0.1) is 10.2 Å². The van der Waals surface area contributed by atoms with Crippen LogP contribution >= 0.6 is 0 Å². The monoisotopic (exact) mass is 244 g/mol. The molecule has 0 spiro atoms. The first-order valence-corrected chi connectivity index (χ1v) is 6.81. The standard InChI is InChI=1S/C13H17N5/c14-9-10(11-5-1-3-7-15-11)13-17-16-12-6-2-4-8-18(12)13/h10H,1-8H2/p+1/t10-/m1/s1. The maximum atomic E-state index is 9.46. The van der Waals surface area contributed by atoms with Crippen LogP contribution in [0, 0.1) is 11.3 Å². The lowest BCUT2D eigenvalue weighted by Crippen LogP contribution is -2.75. The van der Waals surface area contributed by atoms with Crippen LogP contribution in [-0.2, 0) is 13.0 Å². The molecule has 0 saturated heterocycles. The molecule has 3 rings (SSSR count). The molecule has 3 heterocycles. The Labute approximate surface area is 107 Å². The van der Waals surface area contributed by atoms with Gasteiger partial charge in [-0.25, -0.2) is 4.99 Å². The second kappa shape index (κ2) is 4.89. The minimum atomic E-state index is -0.232. The predicted molar refractivity (Wildman–Crippen MR) is 66.0 cm³/mol. The van der Waals surface area contributed by atoms with E-state index in [0.29, 0.717) is 0 Å². The summed E-state index contributed by atoms with van der Waals surface area (Å²) in [5.41, 5.74) is 1.13. The minimum absolute atomic E-state index is 0.232. The molecule has 1 aromatic heterocycles. The Bertz CT molecular complexity index is 508. The van der Waals surface area contributed by atoms with Crippen molar-refractivity contribution in [2.24, 2.45) is 0 Å². The average molecular weight is 244 g/mol. The van der Waals surface area contributed by atoms with Crippen molar-refractivity contribution in [3.05, 3.63) is 11.6 Å². The van der Waals surface area contributed by atoms with Gasteiger partial charge in [0.1, 0.15) is 12.4 Å². The number of aromatic nitrogens is 3. The van der Waals surface area contributed by atoms with Crippen LogP contribution in [0.3, 0.4) is 0 Å². The van der Waals surface area contributed by atoms with E-state index in [9.17, 15) is 5.26 Å². The van der Waals surface area contributed by atoms with Crippen LogP contribution < -0.4 is 4.99 Å². The van der Waals surface area contributed by atoms with Crippen molar-refractivity contribution in [1.82, 2.24) is 14.8 Å². The van der Waals surface area contributed by atoms with E-state index in [0.717, 1.165) is 43.3 Å². The molecule has 18 heavy (non-hydrogen) atoms. The number of hydrogen-bond acceptors (Lipinski definition) is 3. The highest BCUT2D eigenvalue weighted by Crippen LogP contribution is 2.22. The molecule has 1 aromatic rings. The number of nitrogens with one attached hydrogen (secondary N) is 1. The molecule has 5 heteroatoms. The molecular formula is C13H18N5+.